The van der Waals surface area contributed by atoms with Crippen LogP contribution in [-0.2, 0) is 22.6 Å². The molecule has 3 N–H and O–H groups in total. The Morgan fingerprint density at radius 2 is 1.65 bits per heavy atom. The molecule has 2 amide bonds. The number of nitrogens with one attached hydrogen (secondary N) is 3. The number of H-pyrrole nitrogens is 1. The highest BCUT2D eigenvalue weighted by atomic mass is 35.5. The van der Waals surface area contributed by atoms with Crippen LogP contribution in [0.15, 0.2) is 83.7 Å². The zero-order valence-electron chi connectivity index (χ0n) is 18.3. The Balaban J connectivity index is 1.42. The van der Waals surface area contributed by atoms with Crippen LogP contribution in [0.2, 0.25) is 5.02 Å². The molecule has 0 unspecified atom stereocenters. The Bertz CT molecular complexity index is 1350. The Morgan fingerprint density at radius 3 is 2.41 bits per heavy atom. The van der Waals surface area contributed by atoms with E-state index in [0.717, 1.165) is 5.56 Å². The zero-order valence-corrected chi connectivity index (χ0v) is 19.0. The van der Waals surface area contributed by atoms with E-state index >= 15 is 0 Å². The second kappa shape index (κ2) is 10.8. The molecular formula is C26H23ClN4O3. The van der Waals surface area contributed by atoms with Crippen molar-refractivity contribution >= 4 is 34.3 Å². The van der Waals surface area contributed by atoms with E-state index in [4.69, 9.17) is 11.6 Å². The highest BCUT2D eigenvalue weighted by Gasteiger charge is 2.22. The lowest BCUT2D eigenvalue weighted by Crippen LogP contribution is -2.40. The maximum absolute atomic E-state index is 13.0. The minimum Gasteiger partial charge on any atom is -0.350 e. The molecule has 8 heteroatoms. The van der Waals surface area contributed by atoms with Crippen molar-refractivity contribution in [3.8, 4) is 0 Å². The average molecular weight is 475 g/mol. The summed E-state index contributed by atoms with van der Waals surface area (Å²) in [5.41, 5.74) is 1.89. The summed E-state index contributed by atoms with van der Waals surface area (Å²) in [6.45, 7) is 0.303. The van der Waals surface area contributed by atoms with Crippen LogP contribution in [0.4, 0.5) is 0 Å². The number of carbonyl (C=O) groups excluding carboxylic acids is 2. The number of aromatic amines is 1. The first-order chi connectivity index (χ1) is 16.5. The summed E-state index contributed by atoms with van der Waals surface area (Å²) in [5, 5.41) is 6.79. The minimum atomic E-state index is -0.857. The summed E-state index contributed by atoms with van der Waals surface area (Å²) in [5.74, 6) is -0.236. The summed E-state index contributed by atoms with van der Waals surface area (Å²) in [7, 11) is 0. The van der Waals surface area contributed by atoms with Crippen molar-refractivity contribution in [3.63, 3.8) is 0 Å². The third kappa shape index (κ3) is 5.88. The minimum absolute atomic E-state index is 0.0646. The summed E-state index contributed by atoms with van der Waals surface area (Å²) in [4.78, 5) is 45.1. The first-order valence-electron chi connectivity index (χ1n) is 10.8. The van der Waals surface area contributed by atoms with Crippen LogP contribution in [0.25, 0.3) is 10.9 Å². The predicted octanol–water partition coefficient (Wildman–Crippen LogP) is 3.68. The fraction of sp³-hybridized carbons (Fsp3) is 0.154. The van der Waals surface area contributed by atoms with Crippen molar-refractivity contribution in [1.82, 2.24) is 20.6 Å². The van der Waals surface area contributed by atoms with Crippen molar-refractivity contribution < 1.29 is 9.59 Å². The van der Waals surface area contributed by atoms with Gasteiger partial charge in [0, 0.05) is 24.4 Å². The molecular weight excluding hydrogens is 452 g/mol. The standard InChI is InChI=1S/C26H23ClN4O3/c27-19-12-10-17(11-13-19)16-28-26(34)24(18-6-2-1-3-7-18)31-23(32)15-14-22-29-21-9-5-4-8-20(21)25(33)30-22/h1-13,24H,14-16H2,(H,28,34)(H,31,32)(H,29,30,33)/t24-/m0/s1. The molecule has 7 nitrogen and oxygen atoms in total. The van der Waals surface area contributed by atoms with E-state index in [1.165, 1.54) is 0 Å². The van der Waals surface area contributed by atoms with Gasteiger partial charge in [0.2, 0.25) is 11.8 Å². The third-order valence-electron chi connectivity index (χ3n) is 5.33. The Kier molecular flexibility index (Phi) is 7.34. The number of nitrogens with zero attached hydrogens (tertiary/aromatic N) is 1. The largest absolute Gasteiger partial charge is 0.350 e. The van der Waals surface area contributed by atoms with Gasteiger partial charge in [-0.1, -0.05) is 66.2 Å². The van der Waals surface area contributed by atoms with Gasteiger partial charge in [-0.2, -0.15) is 0 Å². The van der Waals surface area contributed by atoms with E-state index < -0.39 is 6.04 Å². The highest BCUT2D eigenvalue weighted by molar-refractivity contribution is 6.30. The summed E-state index contributed by atoms with van der Waals surface area (Å²) in [6, 6.07) is 22.4. The Labute approximate surface area is 201 Å². The normalized spacial score (nSPS) is 11.7. The first-order valence-corrected chi connectivity index (χ1v) is 11.2. The van der Waals surface area contributed by atoms with Gasteiger partial charge in [-0.3, -0.25) is 14.4 Å². The topological polar surface area (TPSA) is 104 Å². The molecule has 172 valence electrons. The molecule has 3 aromatic carbocycles. The molecule has 0 fully saturated rings. The smallest absolute Gasteiger partial charge is 0.258 e. The molecule has 0 radical (unpaired) electrons. The van der Waals surface area contributed by atoms with E-state index in [2.05, 4.69) is 20.6 Å². The number of amides is 2. The summed E-state index contributed by atoms with van der Waals surface area (Å²) < 4.78 is 0. The van der Waals surface area contributed by atoms with Crippen LogP contribution in [0.5, 0.6) is 0 Å². The number of benzene rings is 3. The predicted molar refractivity (Wildman–Crippen MR) is 131 cm³/mol. The monoisotopic (exact) mass is 474 g/mol. The maximum atomic E-state index is 13.0. The number of halogens is 1. The second-order valence-corrected chi connectivity index (χ2v) is 8.22. The van der Waals surface area contributed by atoms with E-state index in [0.29, 0.717) is 33.9 Å². The van der Waals surface area contributed by atoms with E-state index in [-0.39, 0.29) is 30.2 Å². The summed E-state index contributed by atoms with van der Waals surface area (Å²) >= 11 is 5.91. The molecule has 0 bridgehead atoms. The number of rotatable bonds is 8. The van der Waals surface area contributed by atoms with Gasteiger partial charge in [0.15, 0.2) is 0 Å². The SMILES string of the molecule is O=C(CCc1nc2ccccc2c(=O)[nH]1)N[C@H](C(=O)NCc1ccc(Cl)cc1)c1ccccc1. The first kappa shape index (κ1) is 23.2. The van der Waals surface area contributed by atoms with Gasteiger partial charge in [0.05, 0.1) is 10.9 Å². The van der Waals surface area contributed by atoms with Gasteiger partial charge in [0.25, 0.3) is 5.56 Å². The molecule has 0 saturated carbocycles. The van der Waals surface area contributed by atoms with Gasteiger partial charge in [0.1, 0.15) is 11.9 Å². The molecule has 0 aliphatic rings. The molecule has 1 atom stereocenters. The maximum Gasteiger partial charge on any atom is 0.258 e. The quantitative estimate of drug-likeness (QED) is 0.362. The van der Waals surface area contributed by atoms with Crippen LogP contribution in [-0.4, -0.2) is 21.8 Å². The number of hydrogen-bond donors (Lipinski definition) is 3. The molecule has 34 heavy (non-hydrogen) atoms. The Morgan fingerprint density at radius 1 is 0.941 bits per heavy atom. The fourth-order valence-corrected chi connectivity index (χ4v) is 3.68. The van der Waals surface area contributed by atoms with Crippen LogP contribution < -0.4 is 16.2 Å². The molecule has 0 aliphatic carbocycles. The van der Waals surface area contributed by atoms with Gasteiger partial charge in [-0.25, -0.2) is 4.98 Å². The van der Waals surface area contributed by atoms with Gasteiger partial charge < -0.3 is 15.6 Å². The number of carbonyl (C=O) groups is 2. The number of aromatic nitrogens is 2. The number of hydrogen-bond acceptors (Lipinski definition) is 4. The van der Waals surface area contributed by atoms with Crippen molar-refractivity contribution in [2.45, 2.75) is 25.4 Å². The molecule has 4 aromatic rings. The highest BCUT2D eigenvalue weighted by Crippen LogP contribution is 2.15. The van der Waals surface area contributed by atoms with Crippen molar-refractivity contribution in [2.24, 2.45) is 0 Å². The zero-order chi connectivity index (χ0) is 23.9. The molecule has 1 heterocycles. The van der Waals surface area contributed by atoms with Crippen molar-refractivity contribution in [3.05, 3.63) is 111 Å². The van der Waals surface area contributed by atoms with E-state index in [1.807, 2.05) is 30.3 Å². The number of para-hydroxylation sites is 1. The van der Waals surface area contributed by atoms with E-state index in [9.17, 15) is 14.4 Å². The molecule has 0 spiro atoms. The lowest BCUT2D eigenvalue weighted by molar-refractivity contribution is -0.129. The van der Waals surface area contributed by atoms with Gasteiger partial charge in [-0.15, -0.1) is 0 Å². The van der Waals surface area contributed by atoms with Gasteiger partial charge >= 0.3 is 0 Å². The molecule has 0 saturated heterocycles. The van der Waals surface area contributed by atoms with Crippen molar-refractivity contribution in [1.29, 1.82) is 0 Å². The van der Waals surface area contributed by atoms with Crippen LogP contribution >= 0.6 is 11.6 Å². The van der Waals surface area contributed by atoms with Crippen LogP contribution in [0, 0.1) is 0 Å². The Hall–Kier alpha value is -3.97. The van der Waals surface area contributed by atoms with Crippen LogP contribution in [0.3, 0.4) is 0 Å². The van der Waals surface area contributed by atoms with Crippen LogP contribution in [0.1, 0.15) is 29.4 Å². The van der Waals surface area contributed by atoms with Crippen molar-refractivity contribution in [2.75, 3.05) is 0 Å². The molecule has 0 aliphatic heterocycles. The lowest BCUT2D eigenvalue weighted by atomic mass is 10.1. The number of fused-ring (bicyclic) bond motifs is 1. The van der Waals surface area contributed by atoms with E-state index in [1.54, 1.807) is 48.5 Å². The number of aryl methyl sites for hydroxylation is 1. The van der Waals surface area contributed by atoms with Gasteiger partial charge in [-0.05, 0) is 35.4 Å². The third-order valence-corrected chi connectivity index (χ3v) is 5.58. The molecule has 4 rings (SSSR count). The average Bonchev–Trinajstić information content (AvgIpc) is 2.86. The summed E-state index contributed by atoms with van der Waals surface area (Å²) in [6.07, 6.45) is 0.300. The lowest BCUT2D eigenvalue weighted by Gasteiger charge is -2.19. The second-order valence-electron chi connectivity index (χ2n) is 7.79. The molecule has 1 aromatic heterocycles. The fourth-order valence-electron chi connectivity index (χ4n) is 3.56.